The van der Waals surface area contributed by atoms with Crippen LogP contribution in [0.25, 0.3) is 0 Å². The largest absolute Gasteiger partial charge is 0.480 e. The molecule has 0 heterocycles. The molecule has 1 atom stereocenters. The van der Waals surface area contributed by atoms with Crippen LogP contribution in [0, 0.1) is 6.92 Å². The van der Waals surface area contributed by atoms with Crippen LogP contribution < -0.4 is 0 Å². The van der Waals surface area contributed by atoms with Gasteiger partial charge in [0.2, 0.25) is 0 Å². The number of carboxylic acids is 1. The molecular weight excluding hydrogens is 376 g/mol. The number of hydrogen-bond acceptors (Lipinski definition) is 4. The lowest BCUT2D eigenvalue weighted by Gasteiger charge is -2.14. The number of benzene rings is 2. The highest BCUT2D eigenvalue weighted by atomic mass is 35.5. The van der Waals surface area contributed by atoms with Crippen molar-refractivity contribution in [3.8, 4) is 0 Å². The second-order valence-corrected chi connectivity index (χ2v) is 8.57. The third kappa shape index (κ3) is 5.56. The second-order valence-electron chi connectivity index (χ2n) is 6.01. The van der Waals surface area contributed by atoms with Gasteiger partial charge >= 0.3 is 5.97 Å². The monoisotopic (exact) mass is 396 g/mol. The fourth-order valence-electron chi connectivity index (χ4n) is 2.45. The topological polar surface area (TPSA) is 80.7 Å². The summed E-state index contributed by atoms with van der Waals surface area (Å²) in [4.78, 5) is 11.5. The minimum Gasteiger partial charge on any atom is -0.480 e. The Hall–Kier alpha value is -1.89. The first-order valence-electron chi connectivity index (χ1n) is 8.16. The number of aryl methyl sites for hydroxylation is 1. The van der Waals surface area contributed by atoms with Crippen LogP contribution in [0.15, 0.2) is 53.4 Å². The summed E-state index contributed by atoms with van der Waals surface area (Å²) in [5.74, 6) is -1.34. The first-order chi connectivity index (χ1) is 12.3. The third-order valence-electron chi connectivity index (χ3n) is 3.94. The van der Waals surface area contributed by atoms with Crippen molar-refractivity contribution in [2.75, 3.05) is 6.61 Å². The van der Waals surface area contributed by atoms with Crippen LogP contribution in [-0.4, -0.2) is 31.4 Å². The molecule has 2 aromatic carbocycles. The first-order valence-corrected chi connectivity index (χ1v) is 10.1. The molecule has 0 aliphatic heterocycles. The summed E-state index contributed by atoms with van der Waals surface area (Å²) < 4.78 is 30.6. The molecule has 0 bridgehead atoms. The van der Waals surface area contributed by atoms with Gasteiger partial charge in [-0.15, -0.1) is 0 Å². The molecule has 0 fully saturated rings. The zero-order valence-corrected chi connectivity index (χ0v) is 16.0. The maximum absolute atomic E-state index is 12.6. The molecule has 1 unspecified atom stereocenters. The van der Waals surface area contributed by atoms with Crippen molar-refractivity contribution >= 4 is 27.4 Å². The van der Waals surface area contributed by atoms with Crippen LogP contribution in [0.4, 0.5) is 0 Å². The molecule has 7 heteroatoms. The Morgan fingerprint density at radius 3 is 2.31 bits per heavy atom. The standard InChI is InChI=1S/C19H21ClO5S/c1-14-4-10-17(11-5-14)26(23,24)18(19(21)22)3-2-12-25-13-15-6-8-16(20)9-7-15/h4-11,18H,2-3,12-13H2,1H3,(H,21,22). The van der Waals surface area contributed by atoms with Gasteiger partial charge in [-0.2, -0.15) is 0 Å². The number of halogens is 1. The van der Waals surface area contributed by atoms with E-state index in [-0.39, 0.29) is 17.9 Å². The highest BCUT2D eigenvalue weighted by Gasteiger charge is 2.33. The van der Waals surface area contributed by atoms with Gasteiger partial charge in [-0.05, 0) is 49.6 Å². The summed E-state index contributed by atoms with van der Waals surface area (Å²) >= 11 is 5.81. The van der Waals surface area contributed by atoms with Crippen LogP contribution >= 0.6 is 11.6 Å². The molecule has 0 radical (unpaired) electrons. The SMILES string of the molecule is Cc1ccc(S(=O)(=O)C(CCCOCc2ccc(Cl)cc2)C(=O)O)cc1. The number of carbonyl (C=O) groups is 1. The Balaban J connectivity index is 1.90. The summed E-state index contributed by atoms with van der Waals surface area (Å²) in [6, 6.07) is 13.4. The summed E-state index contributed by atoms with van der Waals surface area (Å²) in [7, 11) is -3.93. The van der Waals surface area contributed by atoms with Gasteiger partial charge < -0.3 is 9.84 Å². The Labute approximate surface area is 158 Å². The molecular formula is C19H21ClO5S. The van der Waals surface area contributed by atoms with Gasteiger partial charge in [-0.3, -0.25) is 4.79 Å². The zero-order valence-electron chi connectivity index (χ0n) is 14.4. The van der Waals surface area contributed by atoms with Crippen molar-refractivity contribution < 1.29 is 23.1 Å². The Morgan fingerprint density at radius 1 is 1.12 bits per heavy atom. The fourth-order valence-corrected chi connectivity index (χ4v) is 4.16. The van der Waals surface area contributed by atoms with Gasteiger partial charge in [0.1, 0.15) is 0 Å². The summed E-state index contributed by atoms with van der Waals surface area (Å²) in [5.41, 5.74) is 1.85. The number of hydrogen-bond donors (Lipinski definition) is 1. The molecule has 0 aliphatic rings. The van der Waals surface area contributed by atoms with Crippen LogP contribution in [-0.2, 0) is 26.0 Å². The molecule has 0 saturated carbocycles. The van der Waals surface area contributed by atoms with Gasteiger partial charge in [0.15, 0.2) is 15.1 Å². The Bertz CT molecular complexity index is 829. The maximum Gasteiger partial charge on any atom is 0.322 e. The Morgan fingerprint density at radius 2 is 1.73 bits per heavy atom. The molecule has 2 aromatic rings. The van der Waals surface area contributed by atoms with Crippen molar-refractivity contribution in [3.63, 3.8) is 0 Å². The van der Waals surface area contributed by atoms with E-state index in [4.69, 9.17) is 16.3 Å². The molecule has 140 valence electrons. The highest BCUT2D eigenvalue weighted by Crippen LogP contribution is 2.20. The molecule has 0 aromatic heterocycles. The predicted molar refractivity (Wildman–Crippen MR) is 100 cm³/mol. The van der Waals surface area contributed by atoms with Crippen LogP contribution in [0.2, 0.25) is 5.02 Å². The minimum absolute atomic E-state index is 0.00778. The molecule has 1 N–H and O–H groups in total. The summed E-state index contributed by atoms with van der Waals surface area (Å²) in [5, 5.41) is 8.51. The zero-order chi connectivity index (χ0) is 19.2. The molecule has 5 nitrogen and oxygen atoms in total. The van der Waals surface area contributed by atoms with Crippen molar-refractivity contribution in [2.24, 2.45) is 0 Å². The number of carboxylic acid groups (broad SMARTS) is 1. The van der Waals surface area contributed by atoms with Crippen molar-refractivity contribution in [1.82, 2.24) is 0 Å². The fraction of sp³-hybridized carbons (Fsp3) is 0.316. The summed E-state index contributed by atoms with van der Waals surface area (Å²) in [6.45, 7) is 2.47. The molecule has 26 heavy (non-hydrogen) atoms. The van der Waals surface area contributed by atoms with Gasteiger partial charge in [0, 0.05) is 11.6 Å². The van der Waals surface area contributed by atoms with E-state index in [0.717, 1.165) is 11.1 Å². The minimum atomic E-state index is -3.93. The van der Waals surface area contributed by atoms with Crippen LogP contribution in [0.3, 0.4) is 0 Å². The number of aliphatic carboxylic acids is 1. The van der Waals surface area contributed by atoms with E-state index in [1.807, 2.05) is 19.1 Å². The first kappa shape index (κ1) is 20.4. The second kappa shape index (κ2) is 9.16. The lowest BCUT2D eigenvalue weighted by atomic mass is 10.2. The van der Waals surface area contributed by atoms with E-state index in [2.05, 4.69) is 0 Å². The lowest BCUT2D eigenvalue weighted by Crippen LogP contribution is -2.30. The molecule has 0 aliphatic carbocycles. The van der Waals surface area contributed by atoms with Gasteiger partial charge in [0.05, 0.1) is 11.5 Å². The van der Waals surface area contributed by atoms with Crippen LogP contribution in [0.5, 0.6) is 0 Å². The van der Waals surface area contributed by atoms with Gasteiger partial charge in [-0.25, -0.2) is 8.42 Å². The number of sulfone groups is 1. The van der Waals surface area contributed by atoms with E-state index < -0.39 is 21.1 Å². The third-order valence-corrected chi connectivity index (χ3v) is 6.30. The van der Waals surface area contributed by atoms with Crippen molar-refractivity contribution in [2.45, 2.75) is 36.5 Å². The normalized spacial score (nSPS) is 12.7. The van der Waals surface area contributed by atoms with E-state index in [1.54, 1.807) is 24.3 Å². The van der Waals surface area contributed by atoms with E-state index in [0.29, 0.717) is 18.1 Å². The molecule has 0 spiro atoms. The van der Waals surface area contributed by atoms with E-state index in [1.165, 1.54) is 12.1 Å². The molecule has 0 amide bonds. The molecule has 2 rings (SSSR count). The van der Waals surface area contributed by atoms with Gasteiger partial charge in [0.25, 0.3) is 0 Å². The number of rotatable bonds is 9. The quantitative estimate of drug-likeness (QED) is 0.650. The van der Waals surface area contributed by atoms with E-state index in [9.17, 15) is 18.3 Å². The molecule has 0 saturated heterocycles. The van der Waals surface area contributed by atoms with Crippen molar-refractivity contribution in [1.29, 1.82) is 0 Å². The predicted octanol–water partition coefficient (Wildman–Crippen LogP) is 3.87. The number of ether oxygens (including phenoxy) is 1. The van der Waals surface area contributed by atoms with E-state index >= 15 is 0 Å². The highest BCUT2D eigenvalue weighted by molar-refractivity contribution is 7.92. The Kier molecular flexibility index (Phi) is 7.20. The van der Waals surface area contributed by atoms with Gasteiger partial charge in [-0.1, -0.05) is 41.4 Å². The lowest BCUT2D eigenvalue weighted by molar-refractivity contribution is -0.136. The van der Waals surface area contributed by atoms with Crippen LogP contribution in [0.1, 0.15) is 24.0 Å². The maximum atomic E-state index is 12.6. The average Bonchev–Trinajstić information content (AvgIpc) is 2.59. The smallest absolute Gasteiger partial charge is 0.322 e. The average molecular weight is 397 g/mol. The summed E-state index contributed by atoms with van der Waals surface area (Å²) in [6.07, 6.45) is 0.321. The van der Waals surface area contributed by atoms with Crippen molar-refractivity contribution in [3.05, 3.63) is 64.7 Å².